The maximum absolute atomic E-state index is 12.9. The van der Waals surface area contributed by atoms with E-state index in [2.05, 4.69) is 22.1 Å². The average Bonchev–Trinajstić information content (AvgIpc) is 3.14. The molecule has 3 aromatic rings. The normalized spacial score (nSPS) is 21.0. The standard InChI is InChI=1S/C21H19N3O/c1-13-14(2)20(21(25)19(13)15-8-4-3-5-9-15)24-23-18-12-22-17-11-7-6-10-16(17)18/h3-13,19,22H,1-2H3. The van der Waals surface area contributed by atoms with Crippen molar-refractivity contribution in [2.24, 2.45) is 16.1 Å². The van der Waals surface area contributed by atoms with E-state index < -0.39 is 0 Å². The first-order chi connectivity index (χ1) is 12.2. The lowest BCUT2D eigenvalue weighted by Gasteiger charge is -2.15. The van der Waals surface area contributed by atoms with Crippen LogP contribution in [0.4, 0.5) is 5.69 Å². The Hall–Kier alpha value is -3.01. The predicted molar refractivity (Wildman–Crippen MR) is 98.9 cm³/mol. The van der Waals surface area contributed by atoms with Gasteiger partial charge in [-0.05, 0) is 30.0 Å². The Labute approximate surface area is 146 Å². The fraction of sp³-hybridized carbons (Fsp3) is 0.190. The Kier molecular flexibility index (Phi) is 3.80. The fourth-order valence-electron chi connectivity index (χ4n) is 3.51. The number of hydrogen-bond donors (Lipinski definition) is 1. The topological polar surface area (TPSA) is 57.6 Å². The van der Waals surface area contributed by atoms with Gasteiger partial charge in [0.2, 0.25) is 0 Å². The molecule has 1 aliphatic carbocycles. The molecule has 2 atom stereocenters. The SMILES string of the molecule is CC1=C(N=Nc2c[nH]c3ccccc23)C(=O)C(c2ccccc2)C1C. The van der Waals surface area contributed by atoms with E-state index in [1.165, 1.54) is 0 Å². The van der Waals surface area contributed by atoms with Gasteiger partial charge in [-0.1, -0.05) is 55.5 Å². The van der Waals surface area contributed by atoms with Gasteiger partial charge in [0.05, 0.1) is 5.92 Å². The molecule has 0 saturated heterocycles. The lowest BCUT2D eigenvalue weighted by Crippen LogP contribution is -2.13. The monoisotopic (exact) mass is 329 g/mol. The van der Waals surface area contributed by atoms with E-state index in [0.717, 1.165) is 27.7 Å². The third kappa shape index (κ3) is 2.60. The number of nitrogens with one attached hydrogen (secondary N) is 1. The van der Waals surface area contributed by atoms with Crippen molar-refractivity contribution in [3.63, 3.8) is 0 Å². The largest absolute Gasteiger partial charge is 0.359 e. The van der Waals surface area contributed by atoms with Crippen LogP contribution < -0.4 is 0 Å². The van der Waals surface area contributed by atoms with Crippen molar-refractivity contribution < 1.29 is 4.79 Å². The minimum Gasteiger partial charge on any atom is -0.359 e. The Morgan fingerprint density at radius 1 is 0.960 bits per heavy atom. The van der Waals surface area contributed by atoms with E-state index >= 15 is 0 Å². The van der Waals surface area contributed by atoms with Crippen molar-refractivity contribution >= 4 is 22.4 Å². The summed E-state index contributed by atoms with van der Waals surface area (Å²) in [4.78, 5) is 16.1. The highest BCUT2D eigenvalue weighted by atomic mass is 16.1. The van der Waals surface area contributed by atoms with Crippen molar-refractivity contribution in [2.75, 3.05) is 0 Å². The highest BCUT2D eigenvalue weighted by molar-refractivity contribution is 6.04. The molecule has 2 aromatic carbocycles. The van der Waals surface area contributed by atoms with E-state index in [0.29, 0.717) is 5.70 Å². The average molecular weight is 329 g/mol. The lowest BCUT2D eigenvalue weighted by atomic mass is 9.87. The van der Waals surface area contributed by atoms with Gasteiger partial charge in [-0.2, -0.15) is 0 Å². The second-order valence-electron chi connectivity index (χ2n) is 6.49. The molecule has 0 bridgehead atoms. The zero-order chi connectivity index (χ0) is 17.4. The number of fused-ring (bicyclic) bond motifs is 1. The first-order valence-corrected chi connectivity index (χ1v) is 8.44. The van der Waals surface area contributed by atoms with Gasteiger partial charge in [0.15, 0.2) is 5.78 Å². The van der Waals surface area contributed by atoms with Crippen molar-refractivity contribution in [3.05, 3.63) is 77.6 Å². The molecule has 25 heavy (non-hydrogen) atoms. The van der Waals surface area contributed by atoms with Crippen LogP contribution >= 0.6 is 0 Å². The minimum atomic E-state index is -0.168. The number of benzene rings is 2. The molecule has 4 nitrogen and oxygen atoms in total. The Balaban J connectivity index is 1.67. The van der Waals surface area contributed by atoms with Gasteiger partial charge in [-0.25, -0.2) is 0 Å². The molecule has 1 aromatic heterocycles. The van der Waals surface area contributed by atoms with Crippen LogP contribution in [0.3, 0.4) is 0 Å². The summed E-state index contributed by atoms with van der Waals surface area (Å²) in [6.07, 6.45) is 1.82. The number of ketones is 1. The molecule has 1 aliphatic rings. The number of para-hydroxylation sites is 1. The van der Waals surface area contributed by atoms with Crippen molar-refractivity contribution in [1.82, 2.24) is 4.98 Å². The van der Waals surface area contributed by atoms with Gasteiger partial charge in [0.25, 0.3) is 0 Å². The molecular weight excluding hydrogens is 310 g/mol. The Bertz CT molecular complexity index is 998. The number of Topliss-reactive ketones (excluding diaryl/α,β-unsaturated/α-hetero) is 1. The molecular formula is C21H19N3O. The summed E-state index contributed by atoms with van der Waals surface area (Å²) in [6, 6.07) is 17.8. The number of nitrogens with zero attached hydrogens (tertiary/aromatic N) is 2. The van der Waals surface area contributed by atoms with Crippen LogP contribution in [-0.4, -0.2) is 10.8 Å². The minimum absolute atomic E-state index is 0.0554. The van der Waals surface area contributed by atoms with Gasteiger partial charge in [-0.3, -0.25) is 4.79 Å². The number of H-pyrrole nitrogens is 1. The molecule has 0 radical (unpaired) electrons. The van der Waals surface area contributed by atoms with Crippen LogP contribution in [-0.2, 0) is 4.79 Å². The van der Waals surface area contributed by atoms with Crippen LogP contribution in [0.5, 0.6) is 0 Å². The second-order valence-corrected chi connectivity index (χ2v) is 6.49. The molecule has 4 rings (SSSR count). The highest BCUT2D eigenvalue weighted by Gasteiger charge is 2.38. The molecule has 1 heterocycles. The summed E-state index contributed by atoms with van der Waals surface area (Å²) in [7, 11) is 0. The van der Waals surface area contributed by atoms with Crippen molar-refractivity contribution in [2.45, 2.75) is 19.8 Å². The zero-order valence-corrected chi connectivity index (χ0v) is 14.2. The van der Waals surface area contributed by atoms with Crippen molar-refractivity contribution in [3.8, 4) is 0 Å². The number of carbonyl (C=O) groups is 1. The first-order valence-electron chi connectivity index (χ1n) is 8.44. The summed E-state index contributed by atoms with van der Waals surface area (Å²) >= 11 is 0. The van der Waals surface area contributed by atoms with E-state index in [9.17, 15) is 4.79 Å². The summed E-state index contributed by atoms with van der Waals surface area (Å²) in [6.45, 7) is 4.06. The number of azo groups is 1. The molecule has 124 valence electrons. The summed E-state index contributed by atoms with van der Waals surface area (Å²) in [5.41, 5.74) is 4.29. The van der Waals surface area contributed by atoms with E-state index in [1.807, 2.05) is 67.7 Å². The number of hydrogen-bond acceptors (Lipinski definition) is 3. The van der Waals surface area contributed by atoms with Crippen LogP contribution in [0.15, 0.2) is 82.3 Å². The predicted octanol–water partition coefficient (Wildman–Crippen LogP) is 5.53. The molecule has 0 spiro atoms. The quantitative estimate of drug-likeness (QED) is 0.631. The molecule has 4 heteroatoms. The van der Waals surface area contributed by atoms with Gasteiger partial charge >= 0.3 is 0 Å². The van der Waals surface area contributed by atoms with Gasteiger partial charge < -0.3 is 4.98 Å². The molecule has 1 N–H and O–H groups in total. The fourth-order valence-corrected chi connectivity index (χ4v) is 3.51. The summed E-state index contributed by atoms with van der Waals surface area (Å²) in [5, 5.41) is 9.70. The highest BCUT2D eigenvalue weighted by Crippen LogP contribution is 2.41. The smallest absolute Gasteiger partial charge is 0.191 e. The molecule has 0 fully saturated rings. The molecule has 0 amide bonds. The van der Waals surface area contributed by atoms with E-state index in [1.54, 1.807) is 0 Å². The number of carbonyl (C=O) groups excluding carboxylic acids is 1. The Morgan fingerprint density at radius 3 is 2.48 bits per heavy atom. The Morgan fingerprint density at radius 2 is 1.68 bits per heavy atom. The molecule has 0 saturated carbocycles. The maximum Gasteiger partial charge on any atom is 0.191 e. The number of rotatable bonds is 3. The van der Waals surface area contributed by atoms with Crippen LogP contribution in [0.2, 0.25) is 0 Å². The van der Waals surface area contributed by atoms with Gasteiger partial charge in [0, 0.05) is 17.1 Å². The van der Waals surface area contributed by atoms with Crippen LogP contribution in [0.25, 0.3) is 10.9 Å². The zero-order valence-electron chi connectivity index (χ0n) is 14.2. The van der Waals surface area contributed by atoms with Crippen LogP contribution in [0.1, 0.15) is 25.3 Å². The second kappa shape index (κ2) is 6.13. The van der Waals surface area contributed by atoms with Gasteiger partial charge in [0.1, 0.15) is 11.4 Å². The van der Waals surface area contributed by atoms with E-state index in [4.69, 9.17) is 0 Å². The first kappa shape index (κ1) is 15.5. The summed E-state index contributed by atoms with van der Waals surface area (Å²) < 4.78 is 0. The number of aromatic amines is 1. The third-order valence-corrected chi connectivity index (χ3v) is 5.06. The van der Waals surface area contributed by atoms with Crippen LogP contribution in [0, 0.1) is 5.92 Å². The summed E-state index contributed by atoms with van der Waals surface area (Å²) in [5.74, 6) is 0.0183. The number of aromatic nitrogens is 1. The third-order valence-electron chi connectivity index (χ3n) is 5.06. The van der Waals surface area contributed by atoms with E-state index in [-0.39, 0.29) is 17.6 Å². The number of allylic oxidation sites excluding steroid dienone is 2. The van der Waals surface area contributed by atoms with Crippen molar-refractivity contribution in [1.29, 1.82) is 0 Å². The molecule has 0 aliphatic heterocycles. The van der Waals surface area contributed by atoms with Gasteiger partial charge in [-0.15, -0.1) is 10.2 Å². The maximum atomic E-state index is 12.9. The molecule has 2 unspecified atom stereocenters. The lowest BCUT2D eigenvalue weighted by molar-refractivity contribution is -0.116.